The highest BCUT2D eigenvalue weighted by molar-refractivity contribution is 7.89. The van der Waals surface area contributed by atoms with Crippen LogP contribution >= 0.6 is 11.3 Å². The van der Waals surface area contributed by atoms with E-state index in [1.165, 1.54) is 35.9 Å². The van der Waals surface area contributed by atoms with Crippen LogP contribution in [0.5, 0.6) is 11.5 Å². The maximum atomic E-state index is 14.3. The molecule has 48 heavy (non-hydrogen) atoms. The number of nitrogens with one attached hydrogen (secondary N) is 1. The average Bonchev–Trinajstić information content (AvgIpc) is 3.50. The van der Waals surface area contributed by atoms with Crippen LogP contribution < -0.4 is 14.4 Å². The van der Waals surface area contributed by atoms with E-state index in [9.17, 15) is 17.6 Å². The van der Waals surface area contributed by atoms with Crippen molar-refractivity contribution in [3.05, 3.63) is 52.5 Å². The normalized spacial score (nSPS) is 21.3. The lowest BCUT2D eigenvalue weighted by atomic mass is 9.72. The summed E-state index contributed by atoms with van der Waals surface area (Å²) in [6, 6.07) is 3.69. The summed E-state index contributed by atoms with van der Waals surface area (Å²) in [7, 11) is -3.64. The standard InChI is InChI=1S/C33H44FN7O5S2/c1-5-41(22(2)3)32(42)27-14-24(34)6-9-28(27)46-29-15-35-21-36-31(29)40-19-33(20-40)10-12-39(13-11-33)16-26-8-7-25(17-45-26)38-48(43,44)30-18-47-23(4)37-30/h6,9,14-15,18,21-22,25-26,38H,5,7-8,10-13,16-17,19-20H2,1-4H3/t25-,26+/m1/s1. The lowest BCUT2D eigenvalue weighted by molar-refractivity contribution is -0.0299. The van der Waals surface area contributed by atoms with Gasteiger partial charge < -0.3 is 24.2 Å². The fraction of sp³-hybridized carbons (Fsp3) is 0.576. The van der Waals surface area contributed by atoms with E-state index in [0.29, 0.717) is 24.7 Å². The fourth-order valence-corrected chi connectivity index (χ4v) is 9.10. The third kappa shape index (κ3) is 7.65. The molecule has 12 nitrogen and oxygen atoms in total. The summed E-state index contributed by atoms with van der Waals surface area (Å²) in [5, 5.41) is 2.36. The van der Waals surface area contributed by atoms with Gasteiger partial charge in [-0.1, -0.05) is 0 Å². The van der Waals surface area contributed by atoms with Crippen LogP contribution in [-0.4, -0.2) is 103 Å². The Balaban J connectivity index is 1.00. The molecule has 1 spiro atoms. The monoisotopic (exact) mass is 701 g/mol. The minimum atomic E-state index is -3.64. The van der Waals surface area contributed by atoms with Gasteiger partial charge in [0.05, 0.1) is 29.5 Å². The number of anilines is 1. The third-order valence-corrected chi connectivity index (χ3v) is 11.9. The zero-order valence-electron chi connectivity index (χ0n) is 27.9. The number of sulfonamides is 1. The SMILES string of the molecule is CCN(C(=O)c1cc(F)ccc1Oc1cncnc1N1CC2(CCN(C[C@@H]3CC[C@@H](NS(=O)(=O)c4csc(C)n4)CO3)CC2)C1)C(C)C. The molecule has 3 aliphatic rings. The van der Waals surface area contributed by atoms with E-state index in [2.05, 4.69) is 29.5 Å². The van der Waals surface area contributed by atoms with Gasteiger partial charge in [0.1, 0.15) is 17.9 Å². The van der Waals surface area contributed by atoms with Crippen molar-refractivity contribution in [2.24, 2.45) is 5.41 Å². The second-order valence-electron chi connectivity index (χ2n) is 13.4. The number of nitrogens with zero attached hydrogens (tertiary/aromatic N) is 6. The van der Waals surface area contributed by atoms with Gasteiger partial charge in [0.25, 0.3) is 15.9 Å². The number of ether oxygens (including phenoxy) is 2. The lowest BCUT2D eigenvalue weighted by Gasteiger charge is -2.54. The first-order valence-electron chi connectivity index (χ1n) is 16.6. The average molecular weight is 702 g/mol. The smallest absolute Gasteiger partial charge is 0.259 e. The Labute approximate surface area is 285 Å². The molecule has 0 aliphatic carbocycles. The van der Waals surface area contributed by atoms with Gasteiger partial charge in [-0.05, 0) is 84.7 Å². The van der Waals surface area contributed by atoms with E-state index in [-0.39, 0.29) is 45.8 Å². The third-order valence-electron chi connectivity index (χ3n) is 9.57. The summed E-state index contributed by atoms with van der Waals surface area (Å²) in [4.78, 5) is 32.5. The summed E-state index contributed by atoms with van der Waals surface area (Å²) >= 11 is 1.32. The molecule has 0 radical (unpaired) electrons. The van der Waals surface area contributed by atoms with Crippen molar-refractivity contribution in [2.45, 2.75) is 76.6 Å². The number of hydrogen-bond donors (Lipinski definition) is 1. The first-order valence-corrected chi connectivity index (χ1v) is 18.9. The lowest BCUT2D eigenvalue weighted by Crippen LogP contribution is -2.61. The number of carbonyl (C=O) groups is 1. The fourth-order valence-electron chi connectivity index (χ4n) is 6.91. The molecule has 15 heteroatoms. The molecule has 1 amide bonds. The number of aromatic nitrogens is 3. The summed E-state index contributed by atoms with van der Waals surface area (Å²) in [5.41, 5.74) is 0.344. The Morgan fingerprint density at radius 2 is 2.00 bits per heavy atom. The van der Waals surface area contributed by atoms with E-state index < -0.39 is 15.8 Å². The van der Waals surface area contributed by atoms with Crippen molar-refractivity contribution in [3.8, 4) is 11.5 Å². The molecule has 3 saturated heterocycles. The van der Waals surface area contributed by atoms with Crippen molar-refractivity contribution in [1.82, 2.24) is 29.5 Å². The second-order valence-corrected chi connectivity index (χ2v) is 16.1. The largest absolute Gasteiger partial charge is 0.451 e. The minimum Gasteiger partial charge on any atom is -0.451 e. The molecule has 0 unspecified atom stereocenters. The Bertz CT molecular complexity index is 1700. The molecule has 3 fully saturated rings. The molecular weight excluding hydrogens is 658 g/mol. The zero-order valence-corrected chi connectivity index (χ0v) is 29.5. The number of amides is 1. The van der Waals surface area contributed by atoms with Gasteiger partial charge >= 0.3 is 0 Å². The van der Waals surface area contributed by atoms with Crippen LogP contribution in [0.1, 0.15) is 61.8 Å². The summed E-state index contributed by atoms with van der Waals surface area (Å²) in [5.74, 6) is 0.552. The first kappa shape index (κ1) is 34.6. The van der Waals surface area contributed by atoms with E-state index in [0.717, 1.165) is 63.4 Å². The molecule has 0 saturated carbocycles. The number of hydrogen-bond acceptors (Lipinski definition) is 11. The molecule has 1 N–H and O–H groups in total. The van der Waals surface area contributed by atoms with Gasteiger partial charge in [0.15, 0.2) is 16.6 Å². The molecule has 2 atom stereocenters. The number of halogens is 1. The van der Waals surface area contributed by atoms with E-state index in [1.807, 2.05) is 20.8 Å². The van der Waals surface area contributed by atoms with Crippen molar-refractivity contribution in [3.63, 3.8) is 0 Å². The predicted octanol–water partition coefficient (Wildman–Crippen LogP) is 4.47. The van der Waals surface area contributed by atoms with Crippen LogP contribution in [0.15, 0.2) is 41.1 Å². The molecule has 3 aliphatic heterocycles. The van der Waals surface area contributed by atoms with Crippen LogP contribution in [0.25, 0.3) is 0 Å². The number of rotatable bonds is 11. The maximum absolute atomic E-state index is 14.3. The van der Waals surface area contributed by atoms with E-state index in [4.69, 9.17) is 9.47 Å². The van der Waals surface area contributed by atoms with Gasteiger partial charge in [-0.2, -0.15) is 0 Å². The number of thiazole rings is 1. The quantitative estimate of drug-likeness (QED) is 0.306. The summed E-state index contributed by atoms with van der Waals surface area (Å²) < 4.78 is 54.7. The van der Waals surface area contributed by atoms with E-state index in [1.54, 1.807) is 23.4 Å². The summed E-state index contributed by atoms with van der Waals surface area (Å²) in [6.07, 6.45) is 6.78. The van der Waals surface area contributed by atoms with Crippen LogP contribution in [-0.2, 0) is 14.8 Å². The van der Waals surface area contributed by atoms with Gasteiger partial charge in [-0.15, -0.1) is 11.3 Å². The van der Waals surface area contributed by atoms with Crippen LogP contribution in [0.2, 0.25) is 0 Å². The number of aryl methyl sites for hydroxylation is 1. The topological polar surface area (TPSA) is 130 Å². The van der Waals surface area contributed by atoms with Crippen molar-refractivity contribution in [2.75, 3.05) is 50.8 Å². The zero-order chi connectivity index (χ0) is 34.1. The van der Waals surface area contributed by atoms with Crippen LogP contribution in [0.3, 0.4) is 0 Å². The Morgan fingerprint density at radius 1 is 1.23 bits per heavy atom. The molecule has 3 aromatic rings. The number of benzene rings is 1. The number of carbonyl (C=O) groups excluding carboxylic acids is 1. The van der Waals surface area contributed by atoms with Gasteiger partial charge in [0, 0.05) is 49.1 Å². The van der Waals surface area contributed by atoms with Gasteiger partial charge in [0.2, 0.25) is 0 Å². The van der Waals surface area contributed by atoms with Crippen molar-refractivity contribution in [1.29, 1.82) is 0 Å². The Kier molecular flexibility index (Phi) is 10.3. The van der Waals surface area contributed by atoms with Crippen molar-refractivity contribution >= 4 is 33.1 Å². The summed E-state index contributed by atoms with van der Waals surface area (Å²) in [6.45, 7) is 12.8. The molecule has 1 aromatic carbocycles. The first-order chi connectivity index (χ1) is 22.9. The van der Waals surface area contributed by atoms with Crippen LogP contribution in [0.4, 0.5) is 10.2 Å². The Morgan fingerprint density at radius 3 is 2.65 bits per heavy atom. The highest BCUT2D eigenvalue weighted by atomic mass is 32.2. The number of likely N-dealkylation sites (tertiary alicyclic amines) is 1. The maximum Gasteiger partial charge on any atom is 0.259 e. The molecular formula is C33H44FN7O5S2. The molecule has 260 valence electrons. The molecule has 0 bridgehead atoms. The highest BCUT2D eigenvalue weighted by Gasteiger charge is 2.46. The highest BCUT2D eigenvalue weighted by Crippen LogP contribution is 2.45. The molecule has 6 rings (SSSR count). The van der Waals surface area contributed by atoms with Gasteiger partial charge in [-0.3, -0.25) is 4.79 Å². The van der Waals surface area contributed by atoms with Crippen LogP contribution in [0, 0.1) is 18.2 Å². The molecule has 2 aromatic heterocycles. The van der Waals surface area contributed by atoms with Gasteiger partial charge in [-0.25, -0.2) is 32.5 Å². The number of piperidine rings is 1. The predicted molar refractivity (Wildman–Crippen MR) is 181 cm³/mol. The van der Waals surface area contributed by atoms with Crippen molar-refractivity contribution < 1.29 is 27.1 Å². The minimum absolute atomic E-state index is 0.0482. The second kappa shape index (κ2) is 14.3. The van der Waals surface area contributed by atoms with E-state index >= 15 is 0 Å². The molecule has 5 heterocycles. The Hall–Kier alpha value is -3.24.